The fourth-order valence-electron chi connectivity index (χ4n) is 3.17. The molecule has 1 aliphatic rings. The summed E-state index contributed by atoms with van der Waals surface area (Å²) in [6.45, 7) is 1.69. The quantitative estimate of drug-likeness (QED) is 0.181. The number of hydrogen-bond acceptors (Lipinski definition) is 7. The number of amides is 5. The third kappa shape index (κ3) is 8.20. The number of likely N-dealkylation sites (tertiary alicyclic amines) is 1. The number of nitrogens with two attached hydrogens (primary N) is 3. The highest BCUT2D eigenvalue weighted by Gasteiger charge is 2.38. The van der Waals surface area contributed by atoms with Gasteiger partial charge in [-0.25, -0.2) is 4.79 Å². The first-order valence-corrected chi connectivity index (χ1v) is 9.90. The molecule has 0 aromatic carbocycles. The van der Waals surface area contributed by atoms with Crippen molar-refractivity contribution in [2.24, 2.45) is 17.2 Å². The fourth-order valence-corrected chi connectivity index (χ4v) is 3.17. The van der Waals surface area contributed by atoms with E-state index in [2.05, 4.69) is 10.6 Å². The zero-order valence-corrected chi connectivity index (χ0v) is 17.3. The van der Waals surface area contributed by atoms with Crippen LogP contribution in [0.1, 0.15) is 45.4 Å². The van der Waals surface area contributed by atoms with E-state index in [0.29, 0.717) is 12.8 Å². The van der Waals surface area contributed by atoms with E-state index in [0.717, 1.165) is 0 Å². The van der Waals surface area contributed by atoms with Crippen molar-refractivity contribution in [1.82, 2.24) is 15.5 Å². The van der Waals surface area contributed by atoms with E-state index in [1.807, 2.05) is 0 Å². The van der Waals surface area contributed by atoms with Gasteiger partial charge in [-0.3, -0.25) is 24.0 Å². The van der Waals surface area contributed by atoms with Crippen molar-refractivity contribution >= 4 is 35.5 Å². The number of carbonyl (C=O) groups is 6. The van der Waals surface area contributed by atoms with Gasteiger partial charge in [-0.1, -0.05) is 0 Å². The van der Waals surface area contributed by atoms with Crippen molar-refractivity contribution in [2.45, 2.75) is 69.6 Å². The molecule has 1 aliphatic heterocycles. The maximum atomic E-state index is 12.8. The van der Waals surface area contributed by atoms with Crippen LogP contribution in [0, 0.1) is 0 Å². The molecule has 1 saturated heterocycles. The van der Waals surface area contributed by atoms with Crippen LogP contribution in [0.25, 0.3) is 0 Å². The van der Waals surface area contributed by atoms with Crippen LogP contribution in [0.4, 0.5) is 0 Å². The van der Waals surface area contributed by atoms with Gasteiger partial charge in [-0.2, -0.15) is 0 Å². The first-order valence-electron chi connectivity index (χ1n) is 9.90. The summed E-state index contributed by atoms with van der Waals surface area (Å²) in [4.78, 5) is 71.7. The van der Waals surface area contributed by atoms with Gasteiger partial charge in [-0.15, -0.1) is 0 Å². The second-order valence-corrected chi connectivity index (χ2v) is 7.44. The molecule has 31 heavy (non-hydrogen) atoms. The van der Waals surface area contributed by atoms with Gasteiger partial charge in [0.05, 0.1) is 6.04 Å². The van der Waals surface area contributed by atoms with Crippen LogP contribution in [-0.4, -0.2) is 76.2 Å². The Morgan fingerprint density at radius 3 is 2.16 bits per heavy atom. The SMILES string of the molecule is CC(NC(=O)C(N)CCC(N)=O)C(=O)N1CCCC1C(=O)NC(CCC(N)=O)C(=O)O. The van der Waals surface area contributed by atoms with Crippen molar-refractivity contribution in [3.63, 3.8) is 0 Å². The minimum atomic E-state index is -1.32. The summed E-state index contributed by atoms with van der Waals surface area (Å²) in [5, 5.41) is 14.0. The molecule has 1 rings (SSSR count). The number of nitrogens with one attached hydrogen (secondary N) is 2. The molecule has 13 heteroatoms. The number of carboxylic acids is 1. The van der Waals surface area contributed by atoms with E-state index in [9.17, 15) is 33.9 Å². The van der Waals surface area contributed by atoms with E-state index in [-0.39, 0.29) is 32.2 Å². The molecule has 4 atom stereocenters. The highest BCUT2D eigenvalue weighted by atomic mass is 16.4. The Hall–Kier alpha value is -3.22. The van der Waals surface area contributed by atoms with E-state index >= 15 is 0 Å². The summed E-state index contributed by atoms with van der Waals surface area (Å²) in [6.07, 6.45) is 0.390. The zero-order chi connectivity index (χ0) is 23.7. The number of hydrogen-bond donors (Lipinski definition) is 6. The van der Waals surface area contributed by atoms with Gasteiger partial charge >= 0.3 is 5.97 Å². The predicted molar refractivity (Wildman–Crippen MR) is 107 cm³/mol. The number of aliphatic carboxylic acids is 1. The summed E-state index contributed by atoms with van der Waals surface area (Å²) in [6, 6.07) is -4.25. The Morgan fingerprint density at radius 2 is 1.61 bits per heavy atom. The average molecular weight is 442 g/mol. The highest BCUT2D eigenvalue weighted by Crippen LogP contribution is 2.19. The number of rotatable bonds is 12. The molecule has 0 aliphatic carbocycles. The van der Waals surface area contributed by atoms with E-state index < -0.39 is 59.7 Å². The molecule has 0 saturated carbocycles. The molecule has 1 heterocycles. The third-order valence-corrected chi connectivity index (χ3v) is 4.90. The molecule has 0 bridgehead atoms. The monoisotopic (exact) mass is 442 g/mol. The summed E-state index contributed by atoms with van der Waals surface area (Å²) in [5.74, 6) is -4.46. The topological polar surface area (TPSA) is 228 Å². The van der Waals surface area contributed by atoms with Gasteiger partial charge in [0.25, 0.3) is 0 Å². The van der Waals surface area contributed by atoms with Gasteiger partial charge < -0.3 is 37.8 Å². The van der Waals surface area contributed by atoms with Gasteiger partial charge in [0.15, 0.2) is 0 Å². The van der Waals surface area contributed by atoms with E-state index in [1.54, 1.807) is 0 Å². The number of carboxylic acid groups (broad SMARTS) is 1. The Kier molecular flexibility index (Phi) is 9.86. The Balaban J connectivity index is 2.71. The second-order valence-electron chi connectivity index (χ2n) is 7.44. The number of nitrogens with zero attached hydrogens (tertiary/aromatic N) is 1. The van der Waals surface area contributed by atoms with Gasteiger partial charge in [0.2, 0.25) is 29.5 Å². The van der Waals surface area contributed by atoms with Crippen molar-refractivity contribution in [3.8, 4) is 0 Å². The van der Waals surface area contributed by atoms with Crippen LogP contribution in [-0.2, 0) is 28.8 Å². The number of primary amides is 2. The molecule has 4 unspecified atom stereocenters. The molecular formula is C18H30N6O7. The molecule has 0 aromatic rings. The van der Waals surface area contributed by atoms with Crippen molar-refractivity contribution in [1.29, 1.82) is 0 Å². The van der Waals surface area contributed by atoms with Crippen LogP contribution in [0.2, 0.25) is 0 Å². The standard InChI is InChI=1S/C18H30N6O7/c1-9(22-15(27)10(19)4-6-13(20)25)17(29)24-8-2-3-12(24)16(28)23-11(18(30)31)5-7-14(21)26/h9-12H,2-8,19H2,1H3,(H2,20,25)(H2,21,26)(H,22,27)(H,23,28)(H,30,31). The Morgan fingerprint density at radius 1 is 1.03 bits per heavy atom. The molecule has 0 aromatic heterocycles. The van der Waals surface area contributed by atoms with Crippen molar-refractivity contribution in [3.05, 3.63) is 0 Å². The lowest BCUT2D eigenvalue weighted by Crippen LogP contribution is -2.56. The molecular weight excluding hydrogens is 412 g/mol. The minimum absolute atomic E-state index is 0.0265. The first-order chi connectivity index (χ1) is 14.4. The maximum Gasteiger partial charge on any atom is 0.326 e. The summed E-state index contributed by atoms with van der Waals surface area (Å²) in [5.41, 5.74) is 15.7. The first kappa shape index (κ1) is 25.8. The lowest BCUT2D eigenvalue weighted by atomic mass is 10.1. The van der Waals surface area contributed by atoms with Crippen molar-refractivity contribution in [2.75, 3.05) is 6.54 Å². The summed E-state index contributed by atoms with van der Waals surface area (Å²) >= 11 is 0. The zero-order valence-electron chi connectivity index (χ0n) is 17.3. The van der Waals surface area contributed by atoms with Gasteiger partial charge in [0, 0.05) is 19.4 Å². The highest BCUT2D eigenvalue weighted by molar-refractivity contribution is 5.94. The molecule has 5 amide bonds. The van der Waals surface area contributed by atoms with Crippen LogP contribution in [0.5, 0.6) is 0 Å². The smallest absolute Gasteiger partial charge is 0.326 e. The Bertz CT molecular complexity index is 728. The fraction of sp³-hybridized carbons (Fsp3) is 0.667. The largest absolute Gasteiger partial charge is 0.480 e. The van der Waals surface area contributed by atoms with Crippen molar-refractivity contribution < 1.29 is 33.9 Å². The predicted octanol–water partition coefficient (Wildman–Crippen LogP) is -3.09. The van der Waals surface area contributed by atoms with Gasteiger partial charge in [-0.05, 0) is 32.6 Å². The molecule has 0 spiro atoms. The molecule has 0 radical (unpaired) electrons. The normalized spacial score (nSPS) is 18.5. The van der Waals surface area contributed by atoms with Crippen LogP contribution in [0.3, 0.4) is 0 Å². The van der Waals surface area contributed by atoms with Gasteiger partial charge in [0.1, 0.15) is 18.1 Å². The molecule has 174 valence electrons. The molecule has 1 fully saturated rings. The number of carbonyl (C=O) groups excluding carboxylic acids is 5. The Labute approximate surface area is 179 Å². The molecule has 9 N–H and O–H groups in total. The van der Waals surface area contributed by atoms with Crippen LogP contribution >= 0.6 is 0 Å². The third-order valence-electron chi connectivity index (χ3n) is 4.90. The summed E-state index contributed by atoms with van der Waals surface area (Å²) < 4.78 is 0. The van der Waals surface area contributed by atoms with E-state index in [1.165, 1.54) is 11.8 Å². The summed E-state index contributed by atoms with van der Waals surface area (Å²) in [7, 11) is 0. The molecule has 13 nitrogen and oxygen atoms in total. The minimum Gasteiger partial charge on any atom is -0.480 e. The lowest BCUT2D eigenvalue weighted by Gasteiger charge is -2.28. The maximum absolute atomic E-state index is 12.8. The van der Waals surface area contributed by atoms with Crippen LogP contribution < -0.4 is 27.8 Å². The van der Waals surface area contributed by atoms with E-state index in [4.69, 9.17) is 17.2 Å². The second kappa shape index (κ2) is 11.8. The lowest BCUT2D eigenvalue weighted by molar-refractivity contribution is -0.145. The average Bonchev–Trinajstić information content (AvgIpc) is 3.17. The van der Waals surface area contributed by atoms with Crippen LogP contribution in [0.15, 0.2) is 0 Å².